The highest BCUT2D eigenvalue weighted by atomic mass is 15.3. The number of benzene rings is 1. The van der Waals surface area contributed by atoms with E-state index in [2.05, 4.69) is 52.8 Å². The third kappa shape index (κ3) is 2.69. The average Bonchev–Trinajstić information content (AvgIpc) is 2.68. The number of hydrogen-bond donors (Lipinski definition) is 4. The molecule has 0 spiro atoms. The number of nitrogens with one attached hydrogen (secondary N) is 3. The van der Waals surface area contributed by atoms with Crippen LogP contribution in [-0.2, 0) is 5.41 Å². The van der Waals surface area contributed by atoms with Crippen LogP contribution in [0.25, 0.3) is 11.0 Å². The fourth-order valence-electron chi connectivity index (χ4n) is 2.11. The molecule has 5 nitrogen and oxygen atoms in total. The number of aromatic amines is 1. The number of nitrogens with zero attached hydrogens (tertiary/aromatic N) is 1. The number of hydrazine groups is 1. The molecule has 0 saturated carbocycles. The molecule has 0 bridgehead atoms. The van der Waals surface area contributed by atoms with Crippen molar-refractivity contribution in [3.63, 3.8) is 0 Å². The van der Waals surface area contributed by atoms with Gasteiger partial charge in [0.25, 0.3) is 0 Å². The van der Waals surface area contributed by atoms with E-state index in [0.29, 0.717) is 6.67 Å². The van der Waals surface area contributed by atoms with Gasteiger partial charge in [-0.2, -0.15) is 0 Å². The molecular formula is C13H21N5. The van der Waals surface area contributed by atoms with Crippen LogP contribution in [0.2, 0.25) is 0 Å². The molecule has 0 fully saturated rings. The van der Waals surface area contributed by atoms with E-state index in [-0.39, 0.29) is 5.41 Å². The molecule has 0 aliphatic rings. The standard InChI is InChI=1S/C13H21N5/c1-9-17-11-5-4-10(6-12(11)18-9)13(2,3)7-15-8-16-14/h4-6,15-16H,7-8,14H2,1-3H3,(H,17,18). The van der Waals surface area contributed by atoms with E-state index in [1.165, 1.54) is 5.56 Å². The molecular weight excluding hydrogens is 226 g/mol. The fraction of sp³-hybridized carbons (Fsp3) is 0.462. The van der Waals surface area contributed by atoms with Crippen LogP contribution in [0.4, 0.5) is 0 Å². The summed E-state index contributed by atoms with van der Waals surface area (Å²) in [6.07, 6.45) is 0. The third-order valence-corrected chi connectivity index (χ3v) is 3.18. The van der Waals surface area contributed by atoms with Crippen LogP contribution in [0.3, 0.4) is 0 Å². The molecule has 0 saturated heterocycles. The van der Waals surface area contributed by atoms with Crippen molar-refractivity contribution in [2.24, 2.45) is 5.84 Å². The van der Waals surface area contributed by atoms with Crippen LogP contribution in [-0.4, -0.2) is 23.2 Å². The lowest BCUT2D eigenvalue weighted by Gasteiger charge is -2.25. The average molecular weight is 247 g/mol. The van der Waals surface area contributed by atoms with Crippen LogP contribution in [0, 0.1) is 6.92 Å². The molecule has 0 amide bonds. The van der Waals surface area contributed by atoms with Gasteiger partial charge < -0.3 is 10.3 Å². The second-order valence-electron chi connectivity index (χ2n) is 5.25. The second-order valence-corrected chi connectivity index (χ2v) is 5.25. The van der Waals surface area contributed by atoms with Gasteiger partial charge in [-0.05, 0) is 24.6 Å². The molecule has 2 rings (SSSR count). The molecule has 0 aliphatic heterocycles. The van der Waals surface area contributed by atoms with Gasteiger partial charge in [-0.3, -0.25) is 5.84 Å². The van der Waals surface area contributed by atoms with Crippen LogP contribution in [0.5, 0.6) is 0 Å². The van der Waals surface area contributed by atoms with E-state index in [1.807, 2.05) is 6.92 Å². The first-order valence-corrected chi connectivity index (χ1v) is 6.14. The Bertz CT molecular complexity index is 529. The van der Waals surface area contributed by atoms with Gasteiger partial charge in [0.15, 0.2) is 0 Å². The van der Waals surface area contributed by atoms with E-state index in [0.717, 1.165) is 23.4 Å². The largest absolute Gasteiger partial charge is 0.342 e. The first-order valence-electron chi connectivity index (χ1n) is 6.14. The maximum Gasteiger partial charge on any atom is 0.104 e. The van der Waals surface area contributed by atoms with E-state index < -0.39 is 0 Å². The molecule has 2 aromatic rings. The van der Waals surface area contributed by atoms with Gasteiger partial charge in [0.2, 0.25) is 0 Å². The predicted molar refractivity (Wildman–Crippen MR) is 74.0 cm³/mol. The zero-order chi connectivity index (χ0) is 13.2. The minimum absolute atomic E-state index is 0.0457. The molecule has 0 atom stereocenters. The van der Waals surface area contributed by atoms with E-state index in [1.54, 1.807) is 0 Å². The summed E-state index contributed by atoms with van der Waals surface area (Å²) in [5.74, 6) is 6.20. The normalized spacial score (nSPS) is 12.2. The molecule has 0 unspecified atom stereocenters. The molecule has 1 aromatic heterocycles. The number of aromatic nitrogens is 2. The first kappa shape index (κ1) is 13.0. The van der Waals surface area contributed by atoms with Crippen molar-refractivity contribution in [3.8, 4) is 0 Å². The Morgan fingerprint density at radius 3 is 2.89 bits per heavy atom. The minimum Gasteiger partial charge on any atom is -0.342 e. The second kappa shape index (κ2) is 5.06. The Kier molecular flexibility index (Phi) is 3.65. The van der Waals surface area contributed by atoms with E-state index in [4.69, 9.17) is 5.84 Å². The van der Waals surface area contributed by atoms with Crippen molar-refractivity contribution in [2.45, 2.75) is 26.2 Å². The maximum atomic E-state index is 5.25. The molecule has 1 heterocycles. The van der Waals surface area contributed by atoms with Crippen molar-refractivity contribution in [3.05, 3.63) is 29.6 Å². The van der Waals surface area contributed by atoms with Crippen LogP contribution in [0.15, 0.2) is 18.2 Å². The highest BCUT2D eigenvalue weighted by Gasteiger charge is 2.20. The zero-order valence-corrected chi connectivity index (χ0v) is 11.2. The summed E-state index contributed by atoms with van der Waals surface area (Å²) >= 11 is 0. The fourth-order valence-corrected chi connectivity index (χ4v) is 2.11. The van der Waals surface area contributed by atoms with Gasteiger partial charge in [0.05, 0.1) is 17.7 Å². The smallest absolute Gasteiger partial charge is 0.104 e. The zero-order valence-electron chi connectivity index (χ0n) is 11.2. The SMILES string of the molecule is Cc1nc2ccc(C(C)(C)CNCNN)cc2[nH]1. The summed E-state index contributed by atoms with van der Waals surface area (Å²) in [5.41, 5.74) is 6.03. The number of fused-ring (bicyclic) bond motifs is 1. The topological polar surface area (TPSA) is 78.8 Å². The van der Waals surface area contributed by atoms with Gasteiger partial charge in [-0.15, -0.1) is 0 Å². The molecule has 5 heteroatoms. The van der Waals surface area contributed by atoms with Gasteiger partial charge in [-0.25, -0.2) is 10.4 Å². The van der Waals surface area contributed by atoms with Crippen molar-refractivity contribution in [1.82, 2.24) is 20.7 Å². The molecule has 0 aliphatic carbocycles. The molecule has 98 valence electrons. The summed E-state index contributed by atoms with van der Waals surface area (Å²) in [6.45, 7) is 7.85. The highest BCUT2D eigenvalue weighted by molar-refractivity contribution is 5.76. The first-order chi connectivity index (χ1) is 8.53. The van der Waals surface area contributed by atoms with Gasteiger partial charge in [-0.1, -0.05) is 19.9 Å². The van der Waals surface area contributed by atoms with Gasteiger partial charge >= 0.3 is 0 Å². The van der Waals surface area contributed by atoms with Crippen molar-refractivity contribution in [2.75, 3.05) is 13.2 Å². The third-order valence-electron chi connectivity index (χ3n) is 3.18. The number of H-pyrrole nitrogens is 1. The number of nitrogens with two attached hydrogens (primary N) is 1. The Balaban J connectivity index is 2.23. The number of hydrogen-bond acceptors (Lipinski definition) is 4. The summed E-state index contributed by atoms with van der Waals surface area (Å²) in [6, 6.07) is 6.38. The van der Waals surface area contributed by atoms with Crippen molar-refractivity contribution in [1.29, 1.82) is 0 Å². The van der Waals surface area contributed by atoms with E-state index in [9.17, 15) is 0 Å². The molecule has 5 N–H and O–H groups in total. The van der Waals surface area contributed by atoms with Crippen molar-refractivity contribution < 1.29 is 0 Å². The van der Waals surface area contributed by atoms with Crippen LogP contribution >= 0.6 is 0 Å². The summed E-state index contributed by atoms with van der Waals surface area (Å²) < 4.78 is 0. The monoisotopic (exact) mass is 247 g/mol. The Morgan fingerprint density at radius 1 is 1.39 bits per heavy atom. The predicted octanol–water partition coefficient (Wildman–Crippen LogP) is 1.16. The lowest BCUT2D eigenvalue weighted by atomic mass is 9.84. The minimum atomic E-state index is 0.0457. The Morgan fingerprint density at radius 2 is 2.17 bits per heavy atom. The number of imidazole rings is 1. The Labute approximate surface area is 107 Å². The Hall–Kier alpha value is -1.43. The lowest BCUT2D eigenvalue weighted by Crippen LogP contribution is -2.40. The maximum absolute atomic E-state index is 5.25. The number of aryl methyl sites for hydroxylation is 1. The highest BCUT2D eigenvalue weighted by Crippen LogP contribution is 2.25. The summed E-state index contributed by atoms with van der Waals surface area (Å²) in [7, 11) is 0. The molecule has 18 heavy (non-hydrogen) atoms. The van der Waals surface area contributed by atoms with Crippen LogP contribution in [0.1, 0.15) is 25.2 Å². The van der Waals surface area contributed by atoms with Gasteiger partial charge in [0.1, 0.15) is 5.82 Å². The summed E-state index contributed by atoms with van der Waals surface area (Å²) in [5, 5.41) is 3.27. The molecule has 0 radical (unpaired) electrons. The lowest BCUT2D eigenvalue weighted by molar-refractivity contribution is 0.455. The van der Waals surface area contributed by atoms with E-state index >= 15 is 0 Å². The van der Waals surface area contributed by atoms with Gasteiger partial charge in [0, 0.05) is 12.0 Å². The number of rotatable bonds is 5. The van der Waals surface area contributed by atoms with Crippen molar-refractivity contribution >= 4 is 11.0 Å². The van der Waals surface area contributed by atoms with Crippen LogP contribution < -0.4 is 16.6 Å². The summed E-state index contributed by atoms with van der Waals surface area (Å²) in [4.78, 5) is 7.69. The quantitative estimate of drug-likeness (QED) is 0.277. The molecule has 1 aromatic carbocycles.